The number of Topliss-reactive ketones (excluding diaryl/α,β-unsaturated/α-hetero) is 1. The molecule has 6 nitrogen and oxygen atoms in total. The van der Waals surface area contributed by atoms with E-state index in [1.165, 1.54) is 13.3 Å². The van der Waals surface area contributed by atoms with Crippen molar-refractivity contribution in [2.75, 3.05) is 5.32 Å². The topological polar surface area (TPSA) is 83.6 Å². The number of anilines is 1. The molecular weight excluding hydrogens is 404 g/mol. The molecule has 1 heterocycles. The zero-order chi connectivity index (χ0) is 22.1. The van der Waals surface area contributed by atoms with Gasteiger partial charge in [-0.2, -0.15) is 0 Å². The lowest BCUT2D eigenvalue weighted by atomic mass is 9.63. The van der Waals surface area contributed by atoms with Crippen LogP contribution in [0.3, 0.4) is 0 Å². The average molecular weight is 433 g/mol. The highest BCUT2D eigenvalue weighted by molar-refractivity contribution is 6.06. The summed E-state index contributed by atoms with van der Waals surface area (Å²) in [5.74, 6) is 1.40. The lowest BCUT2D eigenvalue weighted by Crippen LogP contribution is -2.44. The van der Waals surface area contributed by atoms with Crippen LogP contribution in [0.1, 0.15) is 49.4 Å². The van der Waals surface area contributed by atoms with E-state index < -0.39 is 0 Å². The molecule has 0 spiro atoms. The van der Waals surface area contributed by atoms with Gasteiger partial charge in [-0.25, -0.2) is 0 Å². The van der Waals surface area contributed by atoms with E-state index in [-0.39, 0.29) is 59.1 Å². The second kappa shape index (κ2) is 7.12. The molecule has 1 aliphatic heterocycles. The van der Waals surface area contributed by atoms with Crippen molar-refractivity contribution in [1.82, 2.24) is 4.90 Å². The van der Waals surface area contributed by atoms with Gasteiger partial charge in [0.1, 0.15) is 0 Å². The molecule has 1 saturated heterocycles. The summed E-state index contributed by atoms with van der Waals surface area (Å²) < 4.78 is 0. The molecule has 1 aromatic rings. The van der Waals surface area contributed by atoms with Crippen LogP contribution in [-0.2, 0) is 14.4 Å². The smallest absolute Gasteiger partial charge is 0.233 e. The van der Waals surface area contributed by atoms with Gasteiger partial charge in [0.2, 0.25) is 17.7 Å². The summed E-state index contributed by atoms with van der Waals surface area (Å²) in [7, 11) is 0. The fourth-order valence-electron chi connectivity index (χ4n) is 6.97. The van der Waals surface area contributed by atoms with Crippen LogP contribution < -0.4 is 5.32 Å². The van der Waals surface area contributed by atoms with Crippen LogP contribution in [0.5, 0.6) is 0 Å². The fraction of sp³-hybridized carbons (Fsp3) is 0.538. The molecule has 0 aromatic heterocycles. The molecule has 1 N–H and O–H groups in total. The Morgan fingerprint density at radius 3 is 1.97 bits per heavy atom. The first-order valence-electron chi connectivity index (χ1n) is 11.9. The van der Waals surface area contributed by atoms with Crippen LogP contribution in [0.2, 0.25) is 0 Å². The minimum absolute atomic E-state index is 0.00661. The molecule has 6 atom stereocenters. The molecule has 0 radical (unpaired) electrons. The molecule has 166 valence electrons. The van der Waals surface area contributed by atoms with E-state index in [2.05, 4.69) is 17.5 Å². The summed E-state index contributed by atoms with van der Waals surface area (Å²) in [4.78, 5) is 52.4. The van der Waals surface area contributed by atoms with E-state index in [0.717, 1.165) is 0 Å². The Labute approximate surface area is 187 Å². The van der Waals surface area contributed by atoms with Crippen LogP contribution in [0.25, 0.3) is 0 Å². The highest BCUT2D eigenvalue weighted by Gasteiger charge is 2.67. The zero-order valence-corrected chi connectivity index (χ0v) is 18.2. The molecule has 6 unspecified atom stereocenters. The molecular formula is C26H28N2O4. The number of hydrogen-bond donors (Lipinski definition) is 1. The van der Waals surface area contributed by atoms with Crippen LogP contribution in [0.4, 0.5) is 5.69 Å². The SMILES string of the molecule is CC(=O)c1ccc(NC(=O)C2CCC(N3C(=O)C4C5C=CC(C6CC56)C4C3=O)CC2)cc1. The van der Waals surface area contributed by atoms with Crippen molar-refractivity contribution in [2.45, 2.75) is 45.1 Å². The third kappa shape index (κ3) is 2.91. The van der Waals surface area contributed by atoms with Crippen molar-refractivity contribution in [3.8, 4) is 0 Å². The number of likely N-dealkylation sites (tertiary alicyclic amines) is 1. The standard InChI is InChI=1S/C26H28N2O4/c1-13(29)14-2-6-16(7-3-14)27-24(30)15-4-8-17(9-5-15)28-25(31)22-18-10-11-19(21-12-20(18)21)23(22)26(28)32/h2-3,6-7,10-11,15,17-23H,4-5,8-9,12H2,1H3,(H,27,30). The first-order chi connectivity index (χ1) is 15.4. The predicted octanol–water partition coefficient (Wildman–Crippen LogP) is 3.44. The quantitative estimate of drug-likeness (QED) is 0.449. The molecule has 5 aliphatic carbocycles. The molecule has 6 heteroatoms. The zero-order valence-electron chi connectivity index (χ0n) is 18.2. The summed E-state index contributed by atoms with van der Waals surface area (Å²) in [5.41, 5.74) is 1.29. The van der Waals surface area contributed by atoms with Gasteiger partial charge in [0.25, 0.3) is 0 Å². The highest BCUT2D eigenvalue weighted by Crippen LogP contribution is 2.65. The maximum absolute atomic E-state index is 13.3. The molecule has 4 fully saturated rings. The Kier molecular flexibility index (Phi) is 4.43. The highest BCUT2D eigenvalue weighted by atomic mass is 16.2. The Bertz CT molecular complexity index is 1000. The number of hydrogen-bond acceptors (Lipinski definition) is 4. The number of benzene rings is 1. The van der Waals surface area contributed by atoms with Crippen molar-refractivity contribution in [3.63, 3.8) is 0 Å². The van der Waals surface area contributed by atoms with E-state index in [1.807, 2.05) is 0 Å². The molecule has 1 aromatic carbocycles. The Balaban J connectivity index is 1.09. The van der Waals surface area contributed by atoms with Gasteiger partial charge in [-0.1, -0.05) is 12.2 Å². The second-order valence-electron chi connectivity index (χ2n) is 10.3. The minimum atomic E-state index is -0.139. The number of nitrogens with one attached hydrogen (secondary N) is 1. The van der Waals surface area contributed by atoms with Gasteiger partial charge in [-0.05, 0) is 87.0 Å². The van der Waals surface area contributed by atoms with Gasteiger partial charge < -0.3 is 5.32 Å². The number of carbonyl (C=O) groups excluding carboxylic acids is 4. The summed E-state index contributed by atoms with van der Waals surface area (Å²) in [5, 5.41) is 2.94. The van der Waals surface area contributed by atoms with Gasteiger partial charge in [0.05, 0.1) is 11.8 Å². The van der Waals surface area contributed by atoms with Crippen molar-refractivity contribution < 1.29 is 19.2 Å². The van der Waals surface area contributed by atoms with Crippen molar-refractivity contribution in [2.24, 2.45) is 41.4 Å². The number of amides is 3. The Morgan fingerprint density at radius 1 is 0.875 bits per heavy atom. The number of imide groups is 1. The van der Waals surface area contributed by atoms with Crippen LogP contribution >= 0.6 is 0 Å². The number of nitrogens with zero attached hydrogens (tertiary/aromatic N) is 1. The van der Waals surface area contributed by atoms with E-state index in [0.29, 0.717) is 48.8 Å². The Hall–Kier alpha value is -2.76. The third-order valence-electron chi connectivity index (χ3n) is 8.69. The van der Waals surface area contributed by atoms with Crippen LogP contribution in [0, 0.1) is 41.4 Å². The van der Waals surface area contributed by atoms with E-state index in [9.17, 15) is 19.2 Å². The van der Waals surface area contributed by atoms with Gasteiger partial charge in [0, 0.05) is 23.2 Å². The molecule has 32 heavy (non-hydrogen) atoms. The average Bonchev–Trinajstić information content (AvgIpc) is 3.58. The first-order valence-corrected chi connectivity index (χ1v) is 11.9. The first kappa shape index (κ1) is 19.9. The Morgan fingerprint density at radius 2 is 1.44 bits per heavy atom. The van der Waals surface area contributed by atoms with Crippen molar-refractivity contribution in [1.29, 1.82) is 0 Å². The monoisotopic (exact) mass is 432 g/mol. The maximum Gasteiger partial charge on any atom is 0.233 e. The van der Waals surface area contributed by atoms with Crippen molar-refractivity contribution >= 4 is 29.2 Å². The minimum Gasteiger partial charge on any atom is -0.326 e. The fourth-order valence-corrected chi connectivity index (χ4v) is 6.97. The van der Waals surface area contributed by atoms with E-state index >= 15 is 0 Å². The number of allylic oxidation sites excluding steroid dienone is 2. The van der Waals surface area contributed by atoms with Gasteiger partial charge in [-0.15, -0.1) is 0 Å². The molecule has 3 saturated carbocycles. The summed E-state index contributed by atoms with van der Waals surface area (Å²) in [6, 6.07) is 6.85. The normalized spacial score (nSPS) is 39.0. The lowest BCUT2D eigenvalue weighted by molar-refractivity contribution is -0.144. The largest absolute Gasteiger partial charge is 0.326 e. The molecule has 6 aliphatic rings. The van der Waals surface area contributed by atoms with E-state index in [1.54, 1.807) is 29.2 Å². The maximum atomic E-state index is 13.3. The number of rotatable bonds is 4. The predicted molar refractivity (Wildman–Crippen MR) is 117 cm³/mol. The lowest BCUT2D eigenvalue weighted by Gasteiger charge is -2.37. The summed E-state index contributed by atoms with van der Waals surface area (Å²) in [6.45, 7) is 1.51. The van der Waals surface area contributed by atoms with Crippen LogP contribution in [0.15, 0.2) is 36.4 Å². The molecule has 3 amide bonds. The van der Waals surface area contributed by atoms with Crippen molar-refractivity contribution in [3.05, 3.63) is 42.0 Å². The van der Waals surface area contributed by atoms with Gasteiger partial charge >= 0.3 is 0 Å². The van der Waals surface area contributed by atoms with Gasteiger partial charge in [-0.3, -0.25) is 24.1 Å². The van der Waals surface area contributed by atoms with E-state index in [4.69, 9.17) is 0 Å². The van der Waals surface area contributed by atoms with Crippen LogP contribution in [-0.4, -0.2) is 34.4 Å². The number of carbonyl (C=O) groups is 4. The number of ketones is 1. The second-order valence-corrected chi connectivity index (χ2v) is 10.3. The molecule has 7 rings (SSSR count). The molecule has 2 bridgehead atoms. The summed E-state index contributed by atoms with van der Waals surface area (Å²) >= 11 is 0. The van der Waals surface area contributed by atoms with Gasteiger partial charge in [0.15, 0.2) is 5.78 Å². The third-order valence-corrected chi connectivity index (χ3v) is 8.69. The summed E-state index contributed by atoms with van der Waals surface area (Å²) in [6.07, 6.45) is 8.31.